The largest absolute Gasteiger partial charge is 0.452 e. The van der Waals surface area contributed by atoms with Gasteiger partial charge in [0, 0.05) is 10.9 Å². The minimum absolute atomic E-state index is 0.317. The number of carbonyl (C=O) groups excluding carboxylic acids is 2. The molecule has 0 radical (unpaired) electrons. The Morgan fingerprint density at radius 3 is 2.30 bits per heavy atom. The van der Waals surface area contributed by atoms with Crippen molar-refractivity contribution in [1.29, 1.82) is 0 Å². The molecule has 9 heteroatoms. The summed E-state index contributed by atoms with van der Waals surface area (Å²) in [6.07, 6.45) is 0. The number of nitrogens with zero attached hydrogens (tertiary/aromatic N) is 1. The smallest absolute Gasteiger partial charge is 0.340 e. The molecule has 166 valence electrons. The maximum Gasteiger partial charge on any atom is 0.340 e. The summed E-state index contributed by atoms with van der Waals surface area (Å²) >= 11 is 6.94. The van der Waals surface area contributed by atoms with Gasteiger partial charge in [-0.1, -0.05) is 66.2 Å². The van der Waals surface area contributed by atoms with Gasteiger partial charge in [-0.3, -0.25) is 10.1 Å². The Hall–Kier alpha value is -3.62. The lowest BCUT2D eigenvalue weighted by Gasteiger charge is -2.06. The quantitative estimate of drug-likeness (QED) is 0.261. The van der Waals surface area contributed by atoms with Crippen molar-refractivity contribution < 1.29 is 23.1 Å². The minimum atomic E-state index is -1.25. The molecule has 0 bridgehead atoms. The lowest BCUT2D eigenvalue weighted by Crippen LogP contribution is -2.21. The van der Waals surface area contributed by atoms with E-state index in [-0.39, 0.29) is 10.6 Å². The van der Waals surface area contributed by atoms with Crippen LogP contribution in [0.2, 0.25) is 5.02 Å². The Morgan fingerprint density at radius 1 is 0.939 bits per heavy atom. The van der Waals surface area contributed by atoms with Crippen molar-refractivity contribution in [1.82, 2.24) is 4.98 Å². The Morgan fingerprint density at radius 2 is 1.58 bits per heavy atom. The van der Waals surface area contributed by atoms with E-state index >= 15 is 0 Å². The molecule has 0 unspecified atom stereocenters. The zero-order valence-electron chi connectivity index (χ0n) is 16.8. The average molecular weight is 485 g/mol. The van der Waals surface area contributed by atoms with Gasteiger partial charge in [0.05, 0.1) is 16.3 Å². The van der Waals surface area contributed by atoms with Crippen molar-refractivity contribution in [3.8, 4) is 22.4 Å². The maximum absolute atomic E-state index is 13.3. The van der Waals surface area contributed by atoms with Crippen molar-refractivity contribution >= 4 is 39.9 Å². The van der Waals surface area contributed by atoms with Crippen LogP contribution < -0.4 is 5.32 Å². The minimum Gasteiger partial charge on any atom is -0.452 e. The van der Waals surface area contributed by atoms with Crippen LogP contribution in [0.4, 0.5) is 13.9 Å². The number of esters is 1. The molecule has 0 aliphatic rings. The summed E-state index contributed by atoms with van der Waals surface area (Å²) < 4.78 is 31.3. The number of nitrogens with one attached hydrogen (secondary N) is 1. The van der Waals surface area contributed by atoms with Gasteiger partial charge in [0.1, 0.15) is 0 Å². The number of benzene rings is 3. The molecule has 0 saturated heterocycles. The first-order valence-corrected chi connectivity index (χ1v) is 10.9. The molecule has 0 spiro atoms. The molecule has 5 nitrogen and oxygen atoms in total. The molecule has 1 amide bonds. The normalized spacial score (nSPS) is 10.6. The molecule has 3 aromatic carbocycles. The summed E-state index contributed by atoms with van der Waals surface area (Å²) in [5.41, 5.74) is 3.37. The Balaban J connectivity index is 1.35. The first-order valence-electron chi connectivity index (χ1n) is 9.63. The number of ether oxygens (including phenoxy) is 1. The molecule has 0 aliphatic carbocycles. The van der Waals surface area contributed by atoms with E-state index in [1.807, 2.05) is 54.6 Å². The fourth-order valence-corrected chi connectivity index (χ4v) is 3.93. The van der Waals surface area contributed by atoms with Gasteiger partial charge in [-0.2, -0.15) is 0 Å². The van der Waals surface area contributed by atoms with Gasteiger partial charge < -0.3 is 4.74 Å². The summed E-state index contributed by atoms with van der Waals surface area (Å²) in [4.78, 5) is 28.5. The van der Waals surface area contributed by atoms with Crippen LogP contribution in [0, 0.1) is 11.6 Å². The van der Waals surface area contributed by atoms with Crippen molar-refractivity contribution in [3.63, 3.8) is 0 Å². The standard InChI is InChI=1S/C24H15ClF2N2O3S/c25-18-11-20(27)19(26)10-17(18)23(31)32-12-22(30)29-24-28-21(13-33-24)16-8-6-15(7-9-16)14-4-2-1-3-5-14/h1-11,13H,12H2,(H,28,29,30). The number of halogens is 3. The van der Waals surface area contributed by atoms with Crippen LogP contribution in [-0.2, 0) is 9.53 Å². The molecule has 0 aliphatic heterocycles. The molecule has 0 fully saturated rings. The molecule has 1 N–H and O–H groups in total. The zero-order chi connectivity index (χ0) is 23.4. The van der Waals surface area contributed by atoms with Crippen LogP contribution in [0.1, 0.15) is 10.4 Å². The monoisotopic (exact) mass is 484 g/mol. The molecular weight excluding hydrogens is 470 g/mol. The van der Waals surface area contributed by atoms with E-state index in [4.69, 9.17) is 16.3 Å². The lowest BCUT2D eigenvalue weighted by molar-refractivity contribution is -0.119. The van der Waals surface area contributed by atoms with E-state index < -0.39 is 30.1 Å². The van der Waals surface area contributed by atoms with Crippen LogP contribution >= 0.6 is 22.9 Å². The van der Waals surface area contributed by atoms with Gasteiger partial charge in [-0.15, -0.1) is 11.3 Å². The van der Waals surface area contributed by atoms with E-state index in [2.05, 4.69) is 10.3 Å². The molecule has 1 heterocycles. The number of anilines is 1. The third kappa shape index (κ3) is 5.42. The molecular formula is C24H15ClF2N2O3S. The van der Waals surface area contributed by atoms with Crippen molar-refractivity contribution in [2.45, 2.75) is 0 Å². The highest BCUT2D eigenvalue weighted by molar-refractivity contribution is 7.14. The van der Waals surface area contributed by atoms with Crippen LogP contribution in [0.3, 0.4) is 0 Å². The number of hydrogen-bond donors (Lipinski definition) is 1. The van der Waals surface area contributed by atoms with Crippen molar-refractivity contribution in [2.75, 3.05) is 11.9 Å². The van der Waals surface area contributed by atoms with Crippen LogP contribution in [-0.4, -0.2) is 23.5 Å². The summed E-state index contributed by atoms with van der Waals surface area (Å²) in [6.45, 7) is -0.644. The van der Waals surface area contributed by atoms with Gasteiger partial charge in [0.2, 0.25) is 0 Å². The number of aromatic nitrogens is 1. The van der Waals surface area contributed by atoms with Crippen molar-refractivity contribution in [2.24, 2.45) is 0 Å². The maximum atomic E-state index is 13.3. The van der Waals surface area contributed by atoms with Crippen LogP contribution in [0.5, 0.6) is 0 Å². The SMILES string of the molecule is O=C(COC(=O)c1cc(F)c(F)cc1Cl)Nc1nc(-c2ccc(-c3ccccc3)cc2)cs1. The van der Waals surface area contributed by atoms with Gasteiger partial charge in [0.25, 0.3) is 5.91 Å². The molecule has 33 heavy (non-hydrogen) atoms. The van der Waals surface area contributed by atoms with Crippen LogP contribution in [0.25, 0.3) is 22.4 Å². The number of rotatable bonds is 6. The predicted octanol–water partition coefficient (Wildman–Crippen LogP) is 6.20. The Kier molecular flexibility index (Phi) is 6.76. The summed E-state index contributed by atoms with van der Waals surface area (Å²) in [5, 5.41) is 4.33. The van der Waals surface area contributed by atoms with Crippen molar-refractivity contribution in [3.05, 3.63) is 94.3 Å². The third-order valence-electron chi connectivity index (χ3n) is 4.60. The first kappa shape index (κ1) is 22.6. The highest BCUT2D eigenvalue weighted by Crippen LogP contribution is 2.27. The number of amides is 1. The second-order valence-corrected chi connectivity index (χ2v) is 8.12. The molecule has 4 rings (SSSR count). The summed E-state index contributed by atoms with van der Waals surface area (Å²) in [6, 6.07) is 19.1. The van der Waals surface area contributed by atoms with E-state index in [1.165, 1.54) is 11.3 Å². The number of thiazole rings is 1. The fourth-order valence-electron chi connectivity index (χ4n) is 2.97. The fraction of sp³-hybridized carbons (Fsp3) is 0.0417. The number of carbonyl (C=O) groups is 2. The van der Waals surface area contributed by atoms with Gasteiger partial charge >= 0.3 is 5.97 Å². The van der Waals surface area contributed by atoms with Crippen LogP contribution in [0.15, 0.2) is 72.1 Å². The van der Waals surface area contributed by atoms with Gasteiger partial charge in [-0.25, -0.2) is 18.6 Å². The average Bonchev–Trinajstić information content (AvgIpc) is 3.29. The second kappa shape index (κ2) is 9.89. The molecule has 0 atom stereocenters. The zero-order valence-corrected chi connectivity index (χ0v) is 18.4. The predicted molar refractivity (Wildman–Crippen MR) is 123 cm³/mol. The second-order valence-electron chi connectivity index (χ2n) is 6.85. The summed E-state index contributed by atoms with van der Waals surface area (Å²) in [7, 11) is 0. The number of hydrogen-bond acceptors (Lipinski definition) is 5. The van der Waals surface area contributed by atoms with Gasteiger partial charge in [-0.05, 0) is 23.3 Å². The van der Waals surface area contributed by atoms with E-state index in [0.29, 0.717) is 23.0 Å². The molecule has 1 aromatic heterocycles. The van der Waals surface area contributed by atoms with E-state index in [1.54, 1.807) is 5.38 Å². The Bertz CT molecular complexity index is 1310. The lowest BCUT2D eigenvalue weighted by atomic mass is 10.0. The summed E-state index contributed by atoms with van der Waals surface area (Å²) in [5.74, 6) is -4.12. The van der Waals surface area contributed by atoms with E-state index in [0.717, 1.165) is 16.7 Å². The Labute approximate surface area is 196 Å². The molecule has 4 aromatic rings. The topological polar surface area (TPSA) is 68.3 Å². The first-order chi connectivity index (χ1) is 15.9. The van der Waals surface area contributed by atoms with E-state index in [9.17, 15) is 18.4 Å². The van der Waals surface area contributed by atoms with Gasteiger partial charge in [0.15, 0.2) is 23.4 Å². The highest BCUT2D eigenvalue weighted by atomic mass is 35.5. The highest BCUT2D eigenvalue weighted by Gasteiger charge is 2.18. The third-order valence-corrected chi connectivity index (χ3v) is 5.67. The molecule has 0 saturated carbocycles.